The van der Waals surface area contributed by atoms with Crippen LogP contribution in [0.3, 0.4) is 0 Å². The van der Waals surface area contributed by atoms with Gasteiger partial charge < -0.3 is 15.0 Å². The summed E-state index contributed by atoms with van der Waals surface area (Å²) in [7, 11) is 0. The van der Waals surface area contributed by atoms with Crippen LogP contribution in [0.15, 0.2) is 0 Å². The summed E-state index contributed by atoms with van der Waals surface area (Å²) in [5.41, 5.74) is 0.445. The van der Waals surface area contributed by atoms with Crippen molar-refractivity contribution in [3.63, 3.8) is 0 Å². The third-order valence-corrected chi connectivity index (χ3v) is 4.12. The first kappa shape index (κ1) is 14.9. The van der Waals surface area contributed by atoms with Crippen LogP contribution in [-0.4, -0.2) is 50.8 Å². The van der Waals surface area contributed by atoms with Crippen molar-refractivity contribution in [2.24, 2.45) is 5.41 Å². The molecule has 17 heavy (non-hydrogen) atoms. The van der Waals surface area contributed by atoms with E-state index in [2.05, 4.69) is 31.0 Å². The summed E-state index contributed by atoms with van der Waals surface area (Å²) in [5, 5.41) is 3.54. The van der Waals surface area contributed by atoms with E-state index in [0.29, 0.717) is 5.41 Å². The molecule has 1 rings (SSSR count). The van der Waals surface area contributed by atoms with E-state index in [-0.39, 0.29) is 0 Å². The molecule has 1 heterocycles. The van der Waals surface area contributed by atoms with E-state index < -0.39 is 0 Å². The minimum atomic E-state index is 0.445. The minimum absolute atomic E-state index is 0.445. The van der Waals surface area contributed by atoms with Gasteiger partial charge in [0.1, 0.15) is 0 Å². The fraction of sp³-hybridized carbons (Fsp3) is 1.00. The Morgan fingerprint density at radius 2 is 1.88 bits per heavy atom. The molecule has 0 unspecified atom stereocenters. The van der Waals surface area contributed by atoms with Crippen LogP contribution in [0.1, 0.15) is 40.0 Å². The first-order chi connectivity index (χ1) is 8.26. The van der Waals surface area contributed by atoms with Crippen LogP contribution in [-0.2, 0) is 4.74 Å². The van der Waals surface area contributed by atoms with Crippen LogP contribution in [0.5, 0.6) is 0 Å². The molecule has 1 saturated heterocycles. The molecule has 0 aliphatic carbocycles. The maximum Gasteiger partial charge on any atom is 0.0593 e. The largest absolute Gasteiger partial charge is 0.380 e. The second-order valence-corrected chi connectivity index (χ2v) is 5.23. The zero-order valence-corrected chi connectivity index (χ0v) is 11.9. The average molecular weight is 242 g/mol. The maximum atomic E-state index is 5.53. The Hall–Kier alpha value is -0.120. The Labute approximate surface area is 107 Å². The number of hydrogen-bond acceptors (Lipinski definition) is 3. The zero-order valence-electron chi connectivity index (χ0n) is 11.9. The quantitative estimate of drug-likeness (QED) is 0.740. The maximum absolute atomic E-state index is 5.53. The topological polar surface area (TPSA) is 24.5 Å². The average Bonchev–Trinajstić information content (AvgIpc) is 2.63. The smallest absolute Gasteiger partial charge is 0.0593 e. The summed E-state index contributed by atoms with van der Waals surface area (Å²) < 4.78 is 5.53. The molecule has 0 aromatic heterocycles. The second-order valence-electron chi connectivity index (χ2n) is 5.23. The molecule has 1 fully saturated rings. The van der Waals surface area contributed by atoms with Gasteiger partial charge in [-0.25, -0.2) is 0 Å². The lowest BCUT2D eigenvalue weighted by atomic mass is 9.81. The fourth-order valence-electron chi connectivity index (χ4n) is 2.60. The molecule has 0 aromatic carbocycles. The van der Waals surface area contributed by atoms with Crippen LogP contribution in [0.4, 0.5) is 0 Å². The van der Waals surface area contributed by atoms with Crippen LogP contribution in [0.25, 0.3) is 0 Å². The highest BCUT2D eigenvalue weighted by molar-refractivity contribution is 4.83. The molecule has 0 radical (unpaired) electrons. The molecule has 102 valence electrons. The molecule has 0 spiro atoms. The van der Waals surface area contributed by atoms with Gasteiger partial charge >= 0.3 is 0 Å². The van der Waals surface area contributed by atoms with E-state index in [4.69, 9.17) is 4.74 Å². The fourth-order valence-corrected chi connectivity index (χ4v) is 2.60. The van der Waals surface area contributed by atoms with Gasteiger partial charge in [-0.3, -0.25) is 0 Å². The van der Waals surface area contributed by atoms with Crippen molar-refractivity contribution in [1.29, 1.82) is 0 Å². The van der Waals surface area contributed by atoms with E-state index in [1.165, 1.54) is 32.4 Å². The Bertz CT molecular complexity index is 185. The van der Waals surface area contributed by atoms with E-state index >= 15 is 0 Å². The summed E-state index contributed by atoms with van der Waals surface area (Å²) in [6, 6.07) is 0. The van der Waals surface area contributed by atoms with E-state index in [1.807, 2.05) is 0 Å². The third-order valence-electron chi connectivity index (χ3n) is 4.12. The summed E-state index contributed by atoms with van der Waals surface area (Å²) >= 11 is 0. The summed E-state index contributed by atoms with van der Waals surface area (Å²) in [6.07, 6.45) is 3.70. The van der Waals surface area contributed by atoms with Crippen molar-refractivity contribution in [2.45, 2.75) is 40.0 Å². The highest BCUT2D eigenvalue weighted by atomic mass is 16.5. The summed E-state index contributed by atoms with van der Waals surface area (Å²) in [5.74, 6) is 0. The minimum Gasteiger partial charge on any atom is -0.380 e. The SMILES string of the molecule is CCNCC(CC)(CC)CN1CCCOCC1. The Morgan fingerprint density at radius 1 is 1.12 bits per heavy atom. The van der Waals surface area contributed by atoms with Crippen molar-refractivity contribution in [3.8, 4) is 0 Å². The van der Waals surface area contributed by atoms with E-state index in [9.17, 15) is 0 Å². The highest BCUT2D eigenvalue weighted by Crippen LogP contribution is 2.27. The van der Waals surface area contributed by atoms with Crippen LogP contribution in [0.2, 0.25) is 0 Å². The molecule has 3 nitrogen and oxygen atoms in total. The van der Waals surface area contributed by atoms with Gasteiger partial charge in [-0.1, -0.05) is 20.8 Å². The molecule has 0 aromatic rings. The zero-order chi connectivity index (χ0) is 12.6. The van der Waals surface area contributed by atoms with Crippen molar-refractivity contribution < 1.29 is 4.74 Å². The first-order valence-electron chi connectivity index (χ1n) is 7.27. The summed E-state index contributed by atoms with van der Waals surface area (Å²) in [6.45, 7) is 14.4. The van der Waals surface area contributed by atoms with Crippen molar-refractivity contribution >= 4 is 0 Å². The molecule has 0 saturated carbocycles. The number of nitrogens with one attached hydrogen (secondary N) is 1. The number of rotatable bonds is 7. The Balaban J connectivity index is 2.50. The lowest BCUT2D eigenvalue weighted by Crippen LogP contribution is -2.44. The normalized spacial score (nSPS) is 19.2. The van der Waals surface area contributed by atoms with Gasteiger partial charge in [0, 0.05) is 32.8 Å². The standard InChI is InChI=1S/C14H30N2O/c1-4-14(5-2,12-15-6-3)13-16-8-7-10-17-11-9-16/h15H,4-13H2,1-3H3. The lowest BCUT2D eigenvalue weighted by Gasteiger charge is -2.37. The van der Waals surface area contributed by atoms with E-state index in [1.54, 1.807) is 0 Å². The van der Waals surface area contributed by atoms with Crippen LogP contribution < -0.4 is 5.32 Å². The lowest BCUT2D eigenvalue weighted by molar-refractivity contribution is 0.115. The van der Waals surface area contributed by atoms with Crippen molar-refractivity contribution in [1.82, 2.24) is 10.2 Å². The van der Waals surface area contributed by atoms with Gasteiger partial charge in [-0.2, -0.15) is 0 Å². The third kappa shape index (κ3) is 4.94. The van der Waals surface area contributed by atoms with Crippen LogP contribution in [0, 0.1) is 5.41 Å². The molecule has 1 aliphatic rings. The van der Waals surface area contributed by atoms with E-state index in [0.717, 1.165) is 32.8 Å². The van der Waals surface area contributed by atoms with Gasteiger partial charge in [0.2, 0.25) is 0 Å². The first-order valence-corrected chi connectivity index (χ1v) is 7.27. The Morgan fingerprint density at radius 3 is 2.53 bits per heavy atom. The van der Waals surface area contributed by atoms with Crippen LogP contribution >= 0.6 is 0 Å². The molecule has 3 heteroatoms. The number of ether oxygens (including phenoxy) is 1. The predicted octanol–water partition coefficient (Wildman–Crippen LogP) is 2.12. The van der Waals surface area contributed by atoms with Gasteiger partial charge in [0.25, 0.3) is 0 Å². The molecule has 0 bridgehead atoms. The molecular weight excluding hydrogens is 212 g/mol. The van der Waals surface area contributed by atoms with Crippen molar-refractivity contribution in [2.75, 3.05) is 45.9 Å². The monoisotopic (exact) mass is 242 g/mol. The van der Waals surface area contributed by atoms with Gasteiger partial charge in [-0.05, 0) is 31.2 Å². The number of hydrogen-bond donors (Lipinski definition) is 1. The molecular formula is C14H30N2O. The summed E-state index contributed by atoms with van der Waals surface area (Å²) in [4.78, 5) is 2.59. The molecule has 1 N–H and O–H groups in total. The highest BCUT2D eigenvalue weighted by Gasteiger charge is 2.28. The second kappa shape index (κ2) is 8.06. The Kier molecular flexibility index (Phi) is 7.09. The molecule has 0 atom stereocenters. The predicted molar refractivity (Wildman–Crippen MR) is 73.4 cm³/mol. The number of nitrogens with zero attached hydrogens (tertiary/aromatic N) is 1. The van der Waals surface area contributed by atoms with Crippen molar-refractivity contribution in [3.05, 3.63) is 0 Å². The molecule has 1 aliphatic heterocycles. The van der Waals surface area contributed by atoms with Gasteiger partial charge in [0.15, 0.2) is 0 Å². The molecule has 0 amide bonds. The van der Waals surface area contributed by atoms with Gasteiger partial charge in [-0.15, -0.1) is 0 Å². The van der Waals surface area contributed by atoms with Gasteiger partial charge in [0.05, 0.1) is 6.61 Å².